The van der Waals surface area contributed by atoms with E-state index in [0.29, 0.717) is 0 Å². The molecule has 0 aromatic heterocycles. The number of nitrogens with one attached hydrogen (secondary N) is 1. The number of amides is 1. The van der Waals surface area contributed by atoms with Crippen LogP contribution in [0.25, 0.3) is 0 Å². The van der Waals surface area contributed by atoms with Crippen molar-refractivity contribution in [1.29, 1.82) is 0 Å². The van der Waals surface area contributed by atoms with Crippen molar-refractivity contribution >= 4 is 6.09 Å². The third kappa shape index (κ3) is 5.16. The van der Waals surface area contributed by atoms with Gasteiger partial charge in [-0.25, -0.2) is 4.79 Å². The van der Waals surface area contributed by atoms with E-state index in [-0.39, 0.29) is 24.3 Å². The van der Waals surface area contributed by atoms with Crippen LogP contribution >= 0.6 is 0 Å². The molecule has 1 aliphatic rings. The van der Waals surface area contributed by atoms with Gasteiger partial charge in [-0.3, -0.25) is 0 Å². The second kappa shape index (κ2) is 6.53. The monoisotopic (exact) mass is 226 g/mol. The van der Waals surface area contributed by atoms with Crippen LogP contribution in [-0.2, 0) is 4.74 Å². The van der Waals surface area contributed by atoms with E-state index in [1.165, 1.54) is 0 Å². The van der Waals surface area contributed by atoms with E-state index in [2.05, 4.69) is 5.32 Å². The van der Waals surface area contributed by atoms with E-state index in [4.69, 9.17) is 10.5 Å². The maximum absolute atomic E-state index is 11.4. The van der Waals surface area contributed by atoms with Gasteiger partial charge in [-0.15, -0.1) is 0 Å². The standard InChI is InChI=1S/C12H22N2O2/c1-9(2)14-12(15)16-11-7-3-5-10(13)6-4-8-11/h3,7,9-11H,4-6,8,13H2,1-2H3,(H,14,15)/b7-3+. The average Bonchev–Trinajstić information content (AvgIpc) is 2.12. The van der Waals surface area contributed by atoms with Crippen molar-refractivity contribution in [3.05, 3.63) is 12.2 Å². The van der Waals surface area contributed by atoms with Gasteiger partial charge in [0.1, 0.15) is 6.10 Å². The Morgan fingerprint density at radius 2 is 2.25 bits per heavy atom. The minimum absolute atomic E-state index is 0.105. The zero-order valence-corrected chi connectivity index (χ0v) is 10.1. The quantitative estimate of drug-likeness (QED) is 0.707. The fourth-order valence-corrected chi connectivity index (χ4v) is 1.71. The van der Waals surface area contributed by atoms with Crippen LogP contribution in [0, 0.1) is 0 Å². The first-order chi connectivity index (χ1) is 7.58. The lowest BCUT2D eigenvalue weighted by Gasteiger charge is -2.19. The van der Waals surface area contributed by atoms with Gasteiger partial charge in [0.25, 0.3) is 0 Å². The van der Waals surface area contributed by atoms with E-state index in [1.54, 1.807) is 0 Å². The molecule has 4 nitrogen and oxygen atoms in total. The third-order valence-electron chi connectivity index (χ3n) is 2.52. The first kappa shape index (κ1) is 13.0. The highest BCUT2D eigenvalue weighted by atomic mass is 16.6. The molecule has 16 heavy (non-hydrogen) atoms. The summed E-state index contributed by atoms with van der Waals surface area (Å²) in [4.78, 5) is 11.4. The van der Waals surface area contributed by atoms with Crippen LogP contribution in [0.5, 0.6) is 0 Å². The highest BCUT2D eigenvalue weighted by molar-refractivity contribution is 5.67. The SMILES string of the molecule is CC(C)NC(=O)OC1/C=C/CC(N)CCC1. The molecular formula is C12H22N2O2. The van der Waals surface area contributed by atoms with E-state index < -0.39 is 0 Å². The zero-order chi connectivity index (χ0) is 12.0. The van der Waals surface area contributed by atoms with Gasteiger partial charge in [0.05, 0.1) is 0 Å². The van der Waals surface area contributed by atoms with Crippen LogP contribution in [0.15, 0.2) is 12.2 Å². The molecule has 0 aromatic rings. The van der Waals surface area contributed by atoms with Gasteiger partial charge in [-0.2, -0.15) is 0 Å². The summed E-state index contributed by atoms with van der Waals surface area (Å²) in [5, 5.41) is 2.72. The summed E-state index contributed by atoms with van der Waals surface area (Å²) >= 11 is 0. The van der Waals surface area contributed by atoms with Gasteiger partial charge < -0.3 is 15.8 Å². The molecule has 0 heterocycles. The number of carbonyl (C=O) groups excluding carboxylic acids is 1. The lowest BCUT2D eigenvalue weighted by molar-refractivity contribution is 0.111. The van der Waals surface area contributed by atoms with E-state index in [9.17, 15) is 4.79 Å². The highest BCUT2D eigenvalue weighted by Gasteiger charge is 2.14. The predicted octanol–water partition coefficient (Wildman–Crippen LogP) is 1.95. The van der Waals surface area contributed by atoms with Crippen LogP contribution in [0.4, 0.5) is 4.79 Å². The molecule has 0 spiro atoms. The zero-order valence-electron chi connectivity index (χ0n) is 10.1. The molecule has 0 saturated carbocycles. The number of nitrogens with two attached hydrogens (primary N) is 1. The second-order valence-electron chi connectivity index (χ2n) is 4.60. The fraction of sp³-hybridized carbons (Fsp3) is 0.750. The molecule has 0 bridgehead atoms. The minimum Gasteiger partial charge on any atom is -0.442 e. The second-order valence-corrected chi connectivity index (χ2v) is 4.60. The number of alkyl carbamates (subject to hydrolysis) is 1. The van der Waals surface area contributed by atoms with Gasteiger partial charge in [0, 0.05) is 12.1 Å². The van der Waals surface area contributed by atoms with Crippen molar-refractivity contribution in [3.8, 4) is 0 Å². The van der Waals surface area contributed by atoms with E-state index in [0.717, 1.165) is 25.7 Å². The highest BCUT2D eigenvalue weighted by Crippen LogP contribution is 2.13. The number of rotatable bonds is 2. The summed E-state index contributed by atoms with van der Waals surface area (Å²) in [5.74, 6) is 0. The van der Waals surface area contributed by atoms with Crippen molar-refractivity contribution < 1.29 is 9.53 Å². The number of ether oxygens (including phenoxy) is 1. The maximum atomic E-state index is 11.4. The molecule has 2 atom stereocenters. The Morgan fingerprint density at radius 1 is 1.50 bits per heavy atom. The Morgan fingerprint density at radius 3 is 2.94 bits per heavy atom. The Labute approximate surface area is 97.2 Å². The number of hydrogen-bond acceptors (Lipinski definition) is 3. The van der Waals surface area contributed by atoms with E-state index in [1.807, 2.05) is 26.0 Å². The van der Waals surface area contributed by atoms with Crippen LogP contribution < -0.4 is 11.1 Å². The fourth-order valence-electron chi connectivity index (χ4n) is 1.71. The topological polar surface area (TPSA) is 64.3 Å². The maximum Gasteiger partial charge on any atom is 0.407 e. The Hall–Kier alpha value is -1.03. The van der Waals surface area contributed by atoms with Crippen LogP contribution in [0.2, 0.25) is 0 Å². The summed E-state index contributed by atoms with van der Waals surface area (Å²) in [6.45, 7) is 3.82. The molecular weight excluding hydrogens is 204 g/mol. The van der Waals surface area contributed by atoms with Crippen molar-refractivity contribution in [2.24, 2.45) is 5.73 Å². The van der Waals surface area contributed by atoms with Crippen LogP contribution in [0.3, 0.4) is 0 Å². The summed E-state index contributed by atoms with van der Waals surface area (Å²) in [6.07, 6.45) is 7.24. The first-order valence-corrected chi connectivity index (χ1v) is 5.97. The van der Waals surface area contributed by atoms with Crippen LogP contribution in [-0.4, -0.2) is 24.3 Å². The molecule has 1 amide bonds. The average molecular weight is 226 g/mol. The third-order valence-corrected chi connectivity index (χ3v) is 2.52. The smallest absolute Gasteiger partial charge is 0.407 e. The molecule has 92 valence electrons. The molecule has 3 N–H and O–H groups in total. The lowest BCUT2D eigenvalue weighted by atomic mass is 10.0. The molecule has 0 aliphatic heterocycles. The predicted molar refractivity (Wildman–Crippen MR) is 64.1 cm³/mol. The molecule has 1 rings (SSSR count). The van der Waals surface area contributed by atoms with Gasteiger partial charge >= 0.3 is 6.09 Å². The molecule has 0 saturated heterocycles. The largest absolute Gasteiger partial charge is 0.442 e. The Bertz CT molecular complexity index is 251. The van der Waals surface area contributed by atoms with Crippen LogP contribution in [0.1, 0.15) is 39.5 Å². The van der Waals surface area contributed by atoms with Crippen molar-refractivity contribution in [3.63, 3.8) is 0 Å². The summed E-state index contributed by atoms with van der Waals surface area (Å²) in [6, 6.07) is 0.361. The van der Waals surface area contributed by atoms with Gasteiger partial charge in [0.15, 0.2) is 0 Å². The van der Waals surface area contributed by atoms with Crippen molar-refractivity contribution in [2.45, 2.75) is 57.7 Å². The summed E-state index contributed by atoms with van der Waals surface area (Å²) in [5.41, 5.74) is 5.85. The number of hydrogen-bond donors (Lipinski definition) is 2. The summed E-state index contributed by atoms with van der Waals surface area (Å²) in [7, 11) is 0. The minimum atomic E-state index is -0.338. The van der Waals surface area contributed by atoms with Gasteiger partial charge in [0.2, 0.25) is 0 Å². The van der Waals surface area contributed by atoms with Crippen molar-refractivity contribution in [1.82, 2.24) is 5.32 Å². The Balaban J connectivity index is 2.38. The van der Waals surface area contributed by atoms with Crippen molar-refractivity contribution in [2.75, 3.05) is 0 Å². The lowest BCUT2D eigenvalue weighted by Crippen LogP contribution is -2.33. The van der Waals surface area contributed by atoms with E-state index >= 15 is 0 Å². The molecule has 0 radical (unpaired) electrons. The molecule has 0 aromatic carbocycles. The summed E-state index contributed by atoms with van der Waals surface area (Å²) < 4.78 is 5.30. The van der Waals surface area contributed by atoms with Gasteiger partial charge in [-0.1, -0.05) is 6.08 Å². The normalized spacial score (nSPS) is 28.0. The number of carbonyl (C=O) groups is 1. The van der Waals surface area contributed by atoms with Gasteiger partial charge in [-0.05, 0) is 45.6 Å². The Kier molecular flexibility index (Phi) is 5.32. The molecule has 4 heteroatoms. The molecule has 0 fully saturated rings. The molecule has 2 unspecified atom stereocenters. The molecule has 1 aliphatic carbocycles. The first-order valence-electron chi connectivity index (χ1n) is 5.97.